The molecule has 2 rings (SSSR count). The monoisotopic (exact) mass is 349 g/mol. The molecule has 1 aromatic rings. The Labute approximate surface area is 135 Å². The fourth-order valence-corrected chi connectivity index (χ4v) is 3.31. The van der Waals surface area contributed by atoms with E-state index in [1.165, 1.54) is 0 Å². The number of amides is 3. The second-order valence-electron chi connectivity index (χ2n) is 5.59. The summed E-state index contributed by atoms with van der Waals surface area (Å²) in [6.45, 7) is 0.445. The first-order valence-corrected chi connectivity index (χ1v) is 8.05. The number of hydrogen-bond donors (Lipinski definition) is 2. The number of likely N-dealkylation sites (tertiary alicyclic amines) is 1. The molecule has 2 heterocycles. The summed E-state index contributed by atoms with van der Waals surface area (Å²) < 4.78 is 37.0. The number of thiophene rings is 1. The number of alkyl halides is 3. The number of hydrogen-bond acceptors (Lipinski definition) is 3. The van der Waals surface area contributed by atoms with Crippen molar-refractivity contribution in [2.75, 3.05) is 13.1 Å². The van der Waals surface area contributed by atoms with Crippen LogP contribution in [-0.4, -0.2) is 48.2 Å². The topological polar surface area (TPSA) is 61.4 Å². The van der Waals surface area contributed by atoms with E-state index in [2.05, 4.69) is 10.6 Å². The van der Waals surface area contributed by atoms with E-state index in [0.29, 0.717) is 6.42 Å². The Morgan fingerprint density at radius 3 is 2.87 bits per heavy atom. The quantitative estimate of drug-likeness (QED) is 0.856. The minimum Gasteiger partial charge on any atom is -0.335 e. The molecule has 128 valence electrons. The summed E-state index contributed by atoms with van der Waals surface area (Å²) in [5, 5.41) is 7.23. The van der Waals surface area contributed by atoms with Crippen LogP contribution in [-0.2, 0) is 11.2 Å². The number of carbonyl (C=O) groups is 2. The average Bonchev–Trinajstić information content (AvgIpc) is 2.98. The van der Waals surface area contributed by atoms with Crippen molar-refractivity contribution < 1.29 is 22.8 Å². The summed E-state index contributed by atoms with van der Waals surface area (Å²) in [5.41, 5.74) is 0. The highest BCUT2D eigenvalue weighted by molar-refractivity contribution is 7.09. The van der Waals surface area contributed by atoms with Gasteiger partial charge in [0.1, 0.15) is 6.54 Å². The van der Waals surface area contributed by atoms with Gasteiger partial charge in [0.15, 0.2) is 0 Å². The molecular formula is C14H18F3N3O2S. The predicted octanol–water partition coefficient (Wildman–Crippen LogP) is 2.14. The van der Waals surface area contributed by atoms with Gasteiger partial charge in [-0.1, -0.05) is 6.07 Å². The van der Waals surface area contributed by atoms with Crippen molar-refractivity contribution in [2.24, 2.45) is 0 Å². The Kier molecular flexibility index (Phi) is 5.51. The Morgan fingerprint density at radius 2 is 2.26 bits per heavy atom. The molecule has 23 heavy (non-hydrogen) atoms. The fourth-order valence-electron chi connectivity index (χ4n) is 2.47. The number of urea groups is 1. The molecule has 0 aliphatic carbocycles. The molecule has 0 aromatic carbocycles. The van der Waals surface area contributed by atoms with Crippen molar-refractivity contribution in [3.8, 4) is 0 Å². The van der Waals surface area contributed by atoms with Crippen LogP contribution < -0.4 is 10.6 Å². The lowest BCUT2D eigenvalue weighted by molar-refractivity contribution is -0.157. The molecule has 1 fully saturated rings. The van der Waals surface area contributed by atoms with Crippen LogP contribution in [0.4, 0.5) is 18.0 Å². The van der Waals surface area contributed by atoms with Gasteiger partial charge in [-0.25, -0.2) is 4.79 Å². The number of rotatable bonds is 5. The molecule has 2 unspecified atom stereocenters. The first kappa shape index (κ1) is 17.6. The normalized spacial score (nSPS) is 19.7. The number of halogens is 3. The predicted molar refractivity (Wildman–Crippen MR) is 80.2 cm³/mol. The molecule has 0 saturated carbocycles. The first-order valence-electron chi connectivity index (χ1n) is 7.17. The molecule has 2 N–H and O–H groups in total. The van der Waals surface area contributed by atoms with E-state index in [1.54, 1.807) is 11.3 Å². The van der Waals surface area contributed by atoms with E-state index in [-0.39, 0.29) is 19.0 Å². The van der Waals surface area contributed by atoms with Crippen LogP contribution in [0.2, 0.25) is 0 Å². The molecular weight excluding hydrogens is 331 g/mol. The molecule has 0 bridgehead atoms. The Bertz CT molecular complexity index is 548. The molecule has 0 radical (unpaired) electrons. The first-order chi connectivity index (χ1) is 10.7. The van der Waals surface area contributed by atoms with E-state index < -0.39 is 30.7 Å². The maximum absolute atomic E-state index is 12.3. The van der Waals surface area contributed by atoms with E-state index in [4.69, 9.17) is 0 Å². The van der Waals surface area contributed by atoms with E-state index in [9.17, 15) is 22.8 Å². The second-order valence-corrected chi connectivity index (χ2v) is 6.63. The van der Waals surface area contributed by atoms with Gasteiger partial charge in [-0.05, 0) is 18.4 Å². The average molecular weight is 349 g/mol. The van der Waals surface area contributed by atoms with Crippen LogP contribution in [0.3, 0.4) is 0 Å². The van der Waals surface area contributed by atoms with Crippen LogP contribution in [0.5, 0.6) is 0 Å². The third-order valence-electron chi connectivity index (χ3n) is 3.38. The van der Waals surface area contributed by atoms with Gasteiger partial charge in [0, 0.05) is 30.3 Å². The molecule has 9 heteroatoms. The number of nitrogens with zero attached hydrogens (tertiary/aromatic N) is 1. The lowest BCUT2D eigenvalue weighted by Gasteiger charge is -2.19. The van der Waals surface area contributed by atoms with Gasteiger partial charge >= 0.3 is 12.2 Å². The molecule has 1 aromatic heterocycles. The summed E-state index contributed by atoms with van der Waals surface area (Å²) in [4.78, 5) is 25.3. The number of nitrogens with one attached hydrogen (secondary N) is 2. The van der Waals surface area contributed by atoms with Gasteiger partial charge in [-0.15, -0.1) is 11.3 Å². The van der Waals surface area contributed by atoms with Crippen molar-refractivity contribution in [3.05, 3.63) is 22.4 Å². The zero-order valence-corrected chi connectivity index (χ0v) is 13.3. The zero-order valence-electron chi connectivity index (χ0n) is 12.5. The molecule has 5 nitrogen and oxygen atoms in total. The number of carbonyl (C=O) groups excluding carboxylic acids is 2. The van der Waals surface area contributed by atoms with Crippen LogP contribution in [0, 0.1) is 0 Å². The third kappa shape index (κ3) is 5.74. The molecule has 1 aliphatic rings. The summed E-state index contributed by atoms with van der Waals surface area (Å²) in [6.07, 6.45) is -3.86. The van der Waals surface area contributed by atoms with Gasteiger partial charge in [0.2, 0.25) is 5.91 Å². The fraction of sp³-hybridized carbons (Fsp3) is 0.571. The maximum Gasteiger partial charge on any atom is 0.406 e. The van der Waals surface area contributed by atoms with Crippen molar-refractivity contribution in [1.82, 2.24) is 15.5 Å². The molecule has 0 spiro atoms. The van der Waals surface area contributed by atoms with E-state index in [0.717, 1.165) is 9.78 Å². The summed E-state index contributed by atoms with van der Waals surface area (Å²) in [6, 6.07) is 2.70. The molecule has 1 saturated heterocycles. The Hall–Kier alpha value is -1.77. The highest BCUT2D eigenvalue weighted by Gasteiger charge is 2.38. The smallest absolute Gasteiger partial charge is 0.335 e. The van der Waals surface area contributed by atoms with Crippen LogP contribution in [0.15, 0.2) is 17.5 Å². The maximum atomic E-state index is 12.3. The van der Waals surface area contributed by atoms with Gasteiger partial charge in [0.05, 0.1) is 6.04 Å². The molecule has 2 atom stereocenters. The second kappa shape index (κ2) is 7.20. The van der Waals surface area contributed by atoms with Crippen molar-refractivity contribution >= 4 is 23.3 Å². The van der Waals surface area contributed by atoms with Crippen LogP contribution in [0.1, 0.15) is 18.2 Å². The summed E-state index contributed by atoms with van der Waals surface area (Å²) in [5.74, 6) is -0.598. The van der Waals surface area contributed by atoms with Crippen molar-refractivity contribution in [3.63, 3.8) is 0 Å². The van der Waals surface area contributed by atoms with Gasteiger partial charge in [-0.3, -0.25) is 4.79 Å². The largest absolute Gasteiger partial charge is 0.406 e. The summed E-state index contributed by atoms with van der Waals surface area (Å²) in [7, 11) is 0. The minimum absolute atomic E-state index is 0.108. The third-order valence-corrected chi connectivity index (χ3v) is 4.28. The molecule has 3 amide bonds. The highest BCUT2D eigenvalue weighted by atomic mass is 32.1. The standard InChI is InChI=1S/C14H18F3N3O2S/c1-9(5-11-3-2-4-23-11)18-13(22)19-10-6-12(21)20(7-10)8-14(15,16)17/h2-4,9-10H,5-8H2,1H3,(H2,18,19,22). The van der Waals surface area contributed by atoms with Gasteiger partial charge < -0.3 is 15.5 Å². The SMILES string of the molecule is CC(Cc1cccs1)NC(=O)NC1CC(=O)N(CC(F)(F)F)C1. The van der Waals surface area contributed by atoms with Gasteiger partial charge in [0.25, 0.3) is 0 Å². The lowest BCUT2D eigenvalue weighted by atomic mass is 10.2. The lowest BCUT2D eigenvalue weighted by Crippen LogP contribution is -2.47. The van der Waals surface area contributed by atoms with Crippen LogP contribution >= 0.6 is 11.3 Å². The molecule has 1 aliphatic heterocycles. The van der Waals surface area contributed by atoms with Gasteiger partial charge in [-0.2, -0.15) is 13.2 Å². The van der Waals surface area contributed by atoms with E-state index in [1.807, 2.05) is 24.4 Å². The van der Waals surface area contributed by atoms with Crippen molar-refractivity contribution in [2.45, 2.75) is 38.0 Å². The van der Waals surface area contributed by atoms with Crippen molar-refractivity contribution in [1.29, 1.82) is 0 Å². The zero-order chi connectivity index (χ0) is 17.0. The Balaban J connectivity index is 1.76. The summed E-state index contributed by atoms with van der Waals surface area (Å²) >= 11 is 1.59. The minimum atomic E-state index is -4.43. The highest BCUT2D eigenvalue weighted by Crippen LogP contribution is 2.20. The Morgan fingerprint density at radius 1 is 1.52 bits per heavy atom. The van der Waals surface area contributed by atoms with Crippen LogP contribution in [0.25, 0.3) is 0 Å². The van der Waals surface area contributed by atoms with E-state index >= 15 is 0 Å².